The number of benzene rings is 1. The normalized spacial score (nSPS) is 12.4. The molecule has 0 spiro atoms. The molecule has 0 radical (unpaired) electrons. The van der Waals surface area contributed by atoms with E-state index in [1.165, 1.54) is 0 Å². The Bertz CT molecular complexity index is 337. The van der Waals surface area contributed by atoms with Crippen LogP contribution in [0.15, 0.2) is 24.3 Å². The highest BCUT2D eigenvalue weighted by Crippen LogP contribution is 2.09. The van der Waals surface area contributed by atoms with Crippen molar-refractivity contribution in [1.29, 1.82) is 0 Å². The number of rotatable bonds is 6. The standard InChI is InChI=1S/C12H17FN2O/c13-8-9-3-5-10(6-4-9)12(16)11(15)2-1-7-14/h3-6,11H,1-2,7-8,14-15H2/i13-1. The van der Waals surface area contributed by atoms with E-state index in [4.69, 9.17) is 11.5 Å². The minimum absolute atomic E-state index is 0.112. The molecule has 0 amide bonds. The maximum absolute atomic E-state index is 12.3. The third kappa shape index (κ3) is 3.40. The van der Waals surface area contributed by atoms with Crippen molar-refractivity contribution in [2.75, 3.05) is 6.54 Å². The number of nitrogens with two attached hydrogens (primary N) is 2. The van der Waals surface area contributed by atoms with Gasteiger partial charge in [0.15, 0.2) is 5.78 Å². The number of hydrogen-bond donors (Lipinski definition) is 2. The zero-order valence-corrected chi connectivity index (χ0v) is 9.16. The van der Waals surface area contributed by atoms with Crippen LogP contribution in [-0.4, -0.2) is 18.4 Å². The Morgan fingerprint density at radius 2 is 1.94 bits per heavy atom. The van der Waals surface area contributed by atoms with Gasteiger partial charge in [0.1, 0.15) is 6.67 Å². The Balaban J connectivity index is 2.64. The first-order chi connectivity index (χ1) is 7.69. The molecule has 0 heterocycles. The van der Waals surface area contributed by atoms with Crippen molar-refractivity contribution in [3.63, 3.8) is 0 Å². The smallest absolute Gasteiger partial charge is 0.179 e. The summed E-state index contributed by atoms with van der Waals surface area (Å²) < 4.78 is 12.3. The van der Waals surface area contributed by atoms with Crippen molar-refractivity contribution in [3.05, 3.63) is 35.4 Å². The van der Waals surface area contributed by atoms with Gasteiger partial charge in [-0.2, -0.15) is 0 Å². The number of alkyl halides is 1. The number of carbonyl (C=O) groups is 1. The second-order valence-electron chi connectivity index (χ2n) is 3.73. The molecule has 16 heavy (non-hydrogen) atoms. The van der Waals surface area contributed by atoms with Crippen LogP contribution in [0.5, 0.6) is 0 Å². The molecule has 0 saturated heterocycles. The van der Waals surface area contributed by atoms with Crippen molar-refractivity contribution in [1.82, 2.24) is 0 Å². The topological polar surface area (TPSA) is 69.1 Å². The summed E-state index contributed by atoms with van der Waals surface area (Å²) >= 11 is 0. The molecule has 1 aromatic carbocycles. The number of halogens is 1. The van der Waals surface area contributed by atoms with Crippen LogP contribution >= 0.6 is 0 Å². The molecular formula is C12H17FN2O. The summed E-state index contributed by atoms with van der Waals surface area (Å²) in [4.78, 5) is 11.8. The van der Waals surface area contributed by atoms with E-state index in [0.29, 0.717) is 24.1 Å². The molecule has 0 aliphatic rings. The minimum Gasteiger partial charge on any atom is -0.330 e. The molecular weight excluding hydrogens is 206 g/mol. The Hall–Kier alpha value is -1.26. The maximum atomic E-state index is 12.3. The summed E-state index contributed by atoms with van der Waals surface area (Å²) in [6, 6.07) is 5.91. The molecule has 1 rings (SSSR count). The van der Waals surface area contributed by atoms with Crippen molar-refractivity contribution in [3.8, 4) is 0 Å². The molecule has 0 bridgehead atoms. The van der Waals surface area contributed by atoms with Crippen LogP contribution in [0, 0.1) is 0 Å². The number of carbonyl (C=O) groups excluding carboxylic acids is 1. The molecule has 1 unspecified atom stereocenters. The van der Waals surface area contributed by atoms with Crippen LogP contribution in [0.3, 0.4) is 0 Å². The average molecular weight is 223 g/mol. The molecule has 1 atom stereocenters. The lowest BCUT2D eigenvalue weighted by atomic mass is 10.00. The van der Waals surface area contributed by atoms with E-state index >= 15 is 0 Å². The van der Waals surface area contributed by atoms with Gasteiger partial charge in [-0.25, -0.2) is 4.39 Å². The fraction of sp³-hybridized carbons (Fsp3) is 0.417. The summed E-state index contributed by atoms with van der Waals surface area (Å²) in [7, 11) is 0. The predicted octanol–water partition coefficient (Wildman–Crippen LogP) is 1.41. The van der Waals surface area contributed by atoms with Crippen LogP contribution in [0.2, 0.25) is 0 Å². The Morgan fingerprint density at radius 1 is 1.31 bits per heavy atom. The largest absolute Gasteiger partial charge is 0.330 e. The van der Waals surface area contributed by atoms with Gasteiger partial charge in [0, 0.05) is 5.56 Å². The molecule has 4 N–H and O–H groups in total. The Morgan fingerprint density at radius 3 is 2.44 bits per heavy atom. The molecule has 0 aliphatic heterocycles. The summed E-state index contributed by atoms with van der Waals surface area (Å²) in [5.41, 5.74) is 12.2. The quantitative estimate of drug-likeness (QED) is 0.716. The summed E-state index contributed by atoms with van der Waals surface area (Å²) in [6.45, 7) is 0.00939. The number of Topliss-reactive ketones (excluding diaryl/α,β-unsaturated/α-hetero) is 1. The SMILES string of the molecule is NCCCC(N)C(=O)c1ccc(C[18F])cc1. The monoisotopic (exact) mass is 223 g/mol. The van der Waals surface area contributed by atoms with Crippen molar-refractivity contribution in [2.24, 2.45) is 11.5 Å². The third-order valence-electron chi connectivity index (χ3n) is 2.45. The molecule has 1 aromatic rings. The van der Waals surface area contributed by atoms with Gasteiger partial charge >= 0.3 is 0 Å². The second kappa shape index (κ2) is 6.35. The van der Waals surface area contributed by atoms with Gasteiger partial charge in [-0.15, -0.1) is 0 Å². The fourth-order valence-corrected chi connectivity index (χ4v) is 1.44. The van der Waals surface area contributed by atoms with E-state index in [1.807, 2.05) is 0 Å². The Kier molecular flexibility index (Phi) is 5.08. The first-order valence-electron chi connectivity index (χ1n) is 5.33. The van der Waals surface area contributed by atoms with Crippen LogP contribution in [-0.2, 0) is 6.67 Å². The maximum Gasteiger partial charge on any atom is 0.179 e. The zero-order chi connectivity index (χ0) is 12.0. The fourth-order valence-electron chi connectivity index (χ4n) is 1.44. The van der Waals surface area contributed by atoms with Gasteiger partial charge in [-0.3, -0.25) is 4.79 Å². The van der Waals surface area contributed by atoms with Gasteiger partial charge < -0.3 is 11.5 Å². The lowest BCUT2D eigenvalue weighted by Crippen LogP contribution is -2.31. The molecule has 4 heteroatoms. The zero-order valence-electron chi connectivity index (χ0n) is 9.16. The van der Waals surface area contributed by atoms with Crippen LogP contribution < -0.4 is 11.5 Å². The first kappa shape index (κ1) is 12.8. The van der Waals surface area contributed by atoms with Crippen molar-refractivity contribution < 1.29 is 9.18 Å². The van der Waals surface area contributed by atoms with Gasteiger partial charge in [0.05, 0.1) is 6.04 Å². The van der Waals surface area contributed by atoms with E-state index in [-0.39, 0.29) is 5.78 Å². The second-order valence-corrected chi connectivity index (χ2v) is 3.73. The molecule has 0 saturated carbocycles. The summed E-state index contributed by atoms with van der Waals surface area (Å²) in [6.07, 6.45) is 1.32. The Labute approximate surface area is 94.6 Å². The van der Waals surface area contributed by atoms with E-state index in [0.717, 1.165) is 6.42 Å². The first-order valence-corrected chi connectivity index (χ1v) is 5.33. The number of hydrogen-bond acceptors (Lipinski definition) is 3. The number of ketones is 1. The summed E-state index contributed by atoms with van der Waals surface area (Å²) in [5, 5.41) is 0. The highest BCUT2D eigenvalue weighted by Gasteiger charge is 2.14. The van der Waals surface area contributed by atoms with Crippen LogP contribution in [0.4, 0.5) is 4.39 Å². The molecule has 0 aliphatic carbocycles. The predicted molar refractivity (Wildman–Crippen MR) is 61.8 cm³/mol. The van der Waals surface area contributed by atoms with Crippen molar-refractivity contribution >= 4 is 5.78 Å². The van der Waals surface area contributed by atoms with E-state index in [2.05, 4.69) is 0 Å². The van der Waals surface area contributed by atoms with Gasteiger partial charge in [0.2, 0.25) is 0 Å². The third-order valence-corrected chi connectivity index (χ3v) is 2.45. The van der Waals surface area contributed by atoms with Gasteiger partial charge in [0.25, 0.3) is 0 Å². The van der Waals surface area contributed by atoms with E-state index < -0.39 is 12.7 Å². The highest BCUT2D eigenvalue weighted by atomic mass is 18.2. The average Bonchev–Trinajstić information content (AvgIpc) is 2.35. The minimum atomic E-state index is -0.520. The molecule has 0 aromatic heterocycles. The summed E-state index contributed by atoms with van der Waals surface area (Å²) in [5.74, 6) is -0.112. The van der Waals surface area contributed by atoms with Crippen molar-refractivity contribution in [2.45, 2.75) is 25.6 Å². The lowest BCUT2D eigenvalue weighted by molar-refractivity contribution is 0.0956. The van der Waals surface area contributed by atoms with E-state index in [9.17, 15) is 9.18 Å². The van der Waals surface area contributed by atoms with Crippen LogP contribution in [0.25, 0.3) is 0 Å². The van der Waals surface area contributed by atoms with Gasteiger partial charge in [-0.1, -0.05) is 24.3 Å². The van der Waals surface area contributed by atoms with Crippen LogP contribution in [0.1, 0.15) is 28.8 Å². The lowest BCUT2D eigenvalue weighted by Gasteiger charge is -2.09. The molecule has 88 valence electrons. The molecule has 0 fully saturated rings. The highest BCUT2D eigenvalue weighted by molar-refractivity contribution is 5.99. The molecule has 3 nitrogen and oxygen atoms in total. The van der Waals surface area contributed by atoms with E-state index in [1.54, 1.807) is 24.3 Å². The van der Waals surface area contributed by atoms with Gasteiger partial charge in [-0.05, 0) is 24.9 Å².